The van der Waals surface area contributed by atoms with Crippen LogP contribution in [0.1, 0.15) is 33.1 Å². The lowest BCUT2D eigenvalue weighted by atomic mass is 10.2. The van der Waals surface area contributed by atoms with Crippen LogP contribution in [0.2, 0.25) is 0 Å². The Bertz CT molecular complexity index is 221. The highest BCUT2D eigenvalue weighted by atomic mass is 16.4. The van der Waals surface area contributed by atoms with Crippen LogP contribution in [0.3, 0.4) is 0 Å². The lowest BCUT2D eigenvalue weighted by molar-refractivity contribution is -0.889. The SMILES string of the molecule is CCC(C(=O)[O-])[N+](C)(C)C.CCCC(=O)O. The van der Waals surface area contributed by atoms with Crippen LogP contribution in [0.5, 0.6) is 0 Å². The number of nitrogens with zero attached hydrogens (tertiary/aromatic N) is 1. The van der Waals surface area contributed by atoms with Gasteiger partial charge in [-0.15, -0.1) is 0 Å². The molecular formula is C11H23NO4. The van der Waals surface area contributed by atoms with Gasteiger partial charge < -0.3 is 19.5 Å². The van der Waals surface area contributed by atoms with Gasteiger partial charge in [0.05, 0.1) is 27.1 Å². The molecule has 0 aromatic carbocycles. The molecular weight excluding hydrogens is 210 g/mol. The van der Waals surface area contributed by atoms with Crippen molar-refractivity contribution >= 4 is 11.9 Å². The van der Waals surface area contributed by atoms with Gasteiger partial charge in [-0.3, -0.25) is 4.79 Å². The van der Waals surface area contributed by atoms with Crippen LogP contribution < -0.4 is 5.11 Å². The summed E-state index contributed by atoms with van der Waals surface area (Å²) in [7, 11) is 5.55. The van der Waals surface area contributed by atoms with Crippen molar-refractivity contribution in [1.82, 2.24) is 0 Å². The molecule has 0 aromatic heterocycles. The Kier molecular flexibility index (Phi) is 8.76. The molecule has 5 nitrogen and oxygen atoms in total. The number of aliphatic carboxylic acids is 2. The molecule has 1 unspecified atom stereocenters. The van der Waals surface area contributed by atoms with Crippen molar-refractivity contribution in [2.24, 2.45) is 0 Å². The molecule has 0 saturated carbocycles. The zero-order chi connectivity index (χ0) is 13.4. The maximum Gasteiger partial charge on any atom is 0.303 e. The highest BCUT2D eigenvalue weighted by molar-refractivity contribution is 5.69. The second-order valence-corrected chi connectivity index (χ2v) is 4.50. The Morgan fingerprint density at radius 3 is 1.69 bits per heavy atom. The smallest absolute Gasteiger partial charge is 0.303 e. The number of carboxylic acids is 2. The van der Waals surface area contributed by atoms with E-state index in [2.05, 4.69) is 0 Å². The van der Waals surface area contributed by atoms with Crippen LogP contribution in [0.4, 0.5) is 0 Å². The standard InChI is InChI=1S/C7H15NO2.C4H8O2/c1-5-6(7(9)10)8(2,3)4;1-2-3-4(5)6/h6H,5H2,1-4H3;2-3H2,1H3,(H,5,6). The second-order valence-electron chi connectivity index (χ2n) is 4.50. The van der Waals surface area contributed by atoms with Gasteiger partial charge in [0, 0.05) is 12.8 Å². The maximum absolute atomic E-state index is 10.5. The van der Waals surface area contributed by atoms with E-state index in [0.717, 1.165) is 6.42 Å². The first-order valence-electron chi connectivity index (χ1n) is 5.40. The minimum atomic E-state index is -0.963. The molecule has 0 aromatic rings. The zero-order valence-electron chi connectivity index (χ0n) is 10.8. The molecule has 0 fully saturated rings. The average Bonchev–Trinajstić information content (AvgIpc) is 2.01. The van der Waals surface area contributed by atoms with Crippen molar-refractivity contribution < 1.29 is 24.3 Å². The summed E-state index contributed by atoms with van der Waals surface area (Å²) in [6.07, 6.45) is 1.64. The third kappa shape index (κ3) is 9.45. The number of hydrogen-bond acceptors (Lipinski definition) is 3. The summed E-state index contributed by atoms with van der Waals surface area (Å²) in [4.78, 5) is 20.0. The van der Waals surface area contributed by atoms with Gasteiger partial charge in [-0.05, 0) is 6.42 Å². The van der Waals surface area contributed by atoms with Crippen molar-refractivity contribution in [3.05, 3.63) is 0 Å². The Morgan fingerprint density at radius 2 is 1.69 bits per heavy atom. The molecule has 0 amide bonds. The second kappa shape index (κ2) is 8.10. The van der Waals surface area contributed by atoms with Gasteiger partial charge >= 0.3 is 5.97 Å². The van der Waals surface area contributed by atoms with Gasteiger partial charge in [-0.25, -0.2) is 0 Å². The summed E-state index contributed by atoms with van der Waals surface area (Å²) >= 11 is 0. The highest BCUT2D eigenvalue weighted by Crippen LogP contribution is 2.05. The molecule has 0 heterocycles. The monoisotopic (exact) mass is 233 g/mol. The first-order chi connectivity index (χ1) is 7.16. The fourth-order valence-electron chi connectivity index (χ4n) is 1.24. The van der Waals surface area contributed by atoms with E-state index in [1.165, 1.54) is 0 Å². The number of likely N-dealkylation sites (N-methyl/N-ethyl adjacent to an activating group) is 1. The van der Waals surface area contributed by atoms with E-state index in [-0.39, 0.29) is 6.04 Å². The Labute approximate surface area is 97.3 Å². The maximum atomic E-state index is 10.5. The summed E-state index contributed by atoms with van der Waals surface area (Å²) in [6, 6.07) is -0.389. The Morgan fingerprint density at radius 1 is 1.25 bits per heavy atom. The molecule has 0 spiro atoms. The summed E-state index contributed by atoms with van der Waals surface area (Å²) in [6.45, 7) is 3.69. The first-order valence-corrected chi connectivity index (χ1v) is 5.40. The van der Waals surface area contributed by atoms with E-state index < -0.39 is 11.9 Å². The van der Waals surface area contributed by atoms with E-state index in [4.69, 9.17) is 5.11 Å². The molecule has 96 valence electrons. The minimum absolute atomic E-state index is 0.292. The van der Waals surface area contributed by atoms with Crippen molar-refractivity contribution in [1.29, 1.82) is 0 Å². The summed E-state index contributed by atoms with van der Waals surface area (Å²) in [5.74, 6) is -1.67. The van der Waals surface area contributed by atoms with E-state index in [1.54, 1.807) is 0 Å². The highest BCUT2D eigenvalue weighted by Gasteiger charge is 2.22. The third-order valence-electron chi connectivity index (χ3n) is 2.06. The van der Waals surface area contributed by atoms with Gasteiger partial charge in [0.15, 0.2) is 0 Å². The van der Waals surface area contributed by atoms with Crippen molar-refractivity contribution in [2.45, 2.75) is 39.2 Å². The number of carbonyl (C=O) groups is 2. The third-order valence-corrected chi connectivity index (χ3v) is 2.06. The molecule has 0 aliphatic carbocycles. The number of carboxylic acid groups (broad SMARTS) is 2. The molecule has 5 heteroatoms. The summed E-state index contributed by atoms with van der Waals surface area (Å²) in [5, 5.41) is 18.4. The Hall–Kier alpha value is -1.10. The molecule has 0 bridgehead atoms. The van der Waals surface area contributed by atoms with E-state index in [0.29, 0.717) is 17.3 Å². The quantitative estimate of drug-likeness (QED) is 0.683. The fourth-order valence-corrected chi connectivity index (χ4v) is 1.24. The van der Waals surface area contributed by atoms with E-state index in [1.807, 2.05) is 35.0 Å². The predicted molar refractivity (Wildman–Crippen MR) is 59.7 cm³/mol. The lowest BCUT2D eigenvalue weighted by Crippen LogP contribution is -2.54. The van der Waals surface area contributed by atoms with Crippen molar-refractivity contribution in [2.75, 3.05) is 21.1 Å². The fraction of sp³-hybridized carbons (Fsp3) is 0.818. The molecule has 1 N–H and O–H groups in total. The van der Waals surface area contributed by atoms with Gasteiger partial charge in [-0.1, -0.05) is 13.8 Å². The number of carbonyl (C=O) groups excluding carboxylic acids is 1. The van der Waals surface area contributed by atoms with Gasteiger partial charge in [0.2, 0.25) is 0 Å². The topological polar surface area (TPSA) is 77.4 Å². The van der Waals surface area contributed by atoms with Crippen LogP contribution in [0, 0.1) is 0 Å². The molecule has 0 aliphatic rings. The van der Waals surface area contributed by atoms with Gasteiger partial charge in [-0.2, -0.15) is 0 Å². The van der Waals surface area contributed by atoms with E-state index in [9.17, 15) is 14.7 Å². The lowest BCUT2D eigenvalue weighted by Gasteiger charge is -2.33. The van der Waals surface area contributed by atoms with Crippen LogP contribution in [0.25, 0.3) is 0 Å². The van der Waals surface area contributed by atoms with Crippen LogP contribution in [0.15, 0.2) is 0 Å². The molecule has 0 aliphatic heterocycles. The minimum Gasteiger partial charge on any atom is -0.544 e. The van der Waals surface area contributed by atoms with Crippen LogP contribution in [-0.2, 0) is 9.59 Å². The molecule has 0 radical (unpaired) electrons. The summed E-state index contributed by atoms with van der Waals surface area (Å²) in [5.41, 5.74) is 0. The number of quaternary nitrogens is 1. The van der Waals surface area contributed by atoms with E-state index >= 15 is 0 Å². The average molecular weight is 233 g/mol. The van der Waals surface area contributed by atoms with Crippen molar-refractivity contribution in [3.63, 3.8) is 0 Å². The molecule has 0 saturated heterocycles. The van der Waals surface area contributed by atoms with Crippen LogP contribution in [-0.4, -0.2) is 48.7 Å². The first kappa shape index (κ1) is 17.3. The summed E-state index contributed by atoms with van der Waals surface area (Å²) < 4.78 is 0.429. The van der Waals surface area contributed by atoms with Gasteiger partial charge in [0.25, 0.3) is 0 Å². The predicted octanol–water partition coefficient (Wildman–Crippen LogP) is 0.0922. The van der Waals surface area contributed by atoms with Crippen LogP contribution >= 0.6 is 0 Å². The largest absolute Gasteiger partial charge is 0.544 e. The molecule has 16 heavy (non-hydrogen) atoms. The molecule has 0 rings (SSSR count). The number of hydrogen-bond donors (Lipinski definition) is 1. The van der Waals surface area contributed by atoms with Crippen molar-refractivity contribution in [3.8, 4) is 0 Å². The number of rotatable bonds is 5. The Balaban J connectivity index is 0. The zero-order valence-corrected chi connectivity index (χ0v) is 10.8. The normalized spacial score (nSPS) is 12.3. The van der Waals surface area contributed by atoms with Gasteiger partial charge in [0.1, 0.15) is 6.04 Å². The molecule has 1 atom stereocenters.